The van der Waals surface area contributed by atoms with Gasteiger partial charge < -0.3 is 4.90 Å². The van der Waals surface area contributed by atoms with Gasteiger partial charge in [-0.3, -0.25) is 10.00 Å². The summed E-state index contributed by atoms with van der Waals surface area (Å²) >= 11 is 1.62. The smallest absolute Gasteiger partial charge is 0.323 e. The molecule has 0 spiro atoms. The number of amides is 2. The highest BCUT2D eigenvalue weighted by Crippen LogP contribution is 2.09. The van der Waals surface area contributed by atoms with E-state index >= 15 is 0 Å². The van der Waals surface area contributed by atoms with Crippen LogP contribution in [0, 0.1) is 0 Å². The van der Waals surface area contributed by atoms with Gasteiger partial charge in [0.15, 0.2) is 0 Å². The first-order valence-electron chi connectivity index (χ1n) is 5.61. The fourth-order valence-electron chi connectivity index (χ4n) is 1.42. The van der Waals surface area contributed by atoms with E-state index in [9.17, 15) is 4.79 Å². The Kier molecular flexibility index (Phi) is 3.93. The Bertz CT molecular complexity index is 507. The minimum Gasteiger partial charge on any atom is -0.323 e. The van der Waals surface area contributed by atoms with Crippen molar-refractivity contribution in [3.8, 4) is 0 Å². The lowest BCUT2D eigenvalue weighted by molar-refractivity contribution is 0.220. The summed E-state index contributed by atoms with van der Waals surface area (Å²) in [5, 5.41) is 10.8. The number of hydrogen-bond donors (Lipinski definition) is 1. The molecule has 7 heteroatoms. The molecule has 0 radical (unpaired) electrons. The summed E-state index contributed by atoms with van der Waals surface area (Å²) in [5.74, 6) is 0.332. The number of hydrogen-bond acceptors (Lipinski definition) is 4. The van der Waals surface area contributed by atoms with Crippen molar-refractivity contribution in [3.63, 3.8) is 0 Å². The van der Waals surface area contributed by atoms with Gasteiger partial charge in [-0.2, -0.15) is 11.3 Å². The molecule has 0 fully saturated rings. The van der Waals surface area contributed by atoms with Crippen LogP contribution in [-0.2, 0) is 13.1 Å². The summed E-state index contributed by atoms with van der Waals surface area (Å²) in [4.78, 5) is 17.5. The van der Waals surface area contributed by atoms with Gasteiger partial charge in [0.1, 0.15) is 6.33 Å². The Morgan fingerprint density at radius 1 is 1.61 bits per heavy atom. The molecule has 2 amide bonds. The van der Waals surface area contributed by atoms with Gasteiger partial charge >= 0.3 is 6.03 Å². The second-order valence-electron chi connectivity index (χ2n) is 3.84. The third-order valence-corrected chi connectivity index (χ3v) is 3.16. The van der Waals surface area contributed by atoms with Crippen molar-refractivity contribution in [1.82, 2.24) is 19.7 Å². The van der Waals surface area contributed by atoms with Gasteiger partial charge in [0, 0.05) is 20.1 Å². The van der Waals surface area contributed by atoms with Gasteiger partial charge in [-0.25, -0.2) is 9.78 Å². The molecule has 0 aliphatic rings. The van der Waals surface area contributed by atoms with E-state index in [1.165, 1.54) is 0 Å². The first kappa shape index (κ1) is 12.6. The SMILES string of the molecule is CCn1cnc(NC(=O)N(C)Cc2ccsc2)n1. The molecule has 0 saturated carbocycles. The number of anilines is 1. The predicted molar refractivity (Wildman–Crippen MR) is 70.5 cm³/mol. The van der Waals surface area contributed by atoms with E-state index in [4.69, 9.17) is 0 Å². The van der Waals surface area contributed by atoms with Crippen LogP contribution in [0.5, 0.6) is 0 Å². The Morgan fingerprint density at radius 2 is 2.44 bits per heavy atom. The molecule has 0 bridgehead atoms. The molecule has 96 valence electrons. The molecule has 2 heterocycles. The molecule has 2 rings (SSSR count). The Balaban J connectivity index is 1.90. The highest BCUT2D eigenvalue weighted by Gasteiger charge is 2.11. The van der Waals surface area contributed by atoms with E-state index < -0.39 is 0 Å². The van der Waals surface area contributed by atoms with Crippen LogP contribution in [0.1, 0.15) is 12.5 Å². The van der Waals surface area contributed by atoms with E-state index in [1.54, 1.807) is 34.3 Å². The van der Waals surface area contributed by atoms with E-state index in [2.05, 4.69) is 15.4 Å². The topological polar surface area (TPSA) is 63.1 Å². The molecule has 1 N–H and O–H groups in total. The first-order chi connectivity index (χ1) is 8.69. The Labute approximate surface area is 109 Å². The summed E-state index contributed by atoms with van der Waals surface area (Å²) in [5.41, 5.74) is 1.12. The summed E-state index contributed by atoms with van der Waals surface area (Å²) in [6, 6.07) is 1.79. The van der Waals surface area contributed by atoms with Crippen molar-refractivity contribution in [1.29, 1.82) is 0 Å². The maximum atomic E-state index is 11.9. The average Bonchev–Trinajstić information content (AvgIpc) is 3.00. The quantitative estimate of drug-likeness (QED) is 0.920. The van der Waals surface area contributed by atoms with E-state index in [0.29, 0.717) is 12.5 Å². The highest BCUT2D eigenvalue weighted by atomic mass is 32.1. The molecule has 0 aliphatic heterocycles. The van der Waals surface area contributed by atoms with Crippen LogP contribution in [0.4, 0.5) is 10.7 Å². The highest BCUT2D eigenvalue weighted by molar-refractivity contribution is 7.07. The number of urea groups is 1. The molecule has 18 heavy (non-hydrogen) atoms. The van der Waals surface area contributed by atoms with E-state index in [-0.39, 0.29) is 6.03 Å². The van der Waals surface area contributed by atoms with Gasteiger partial charge in [0.25, 0.3) is 0 Å². The fraction of sp³-hybridized carbons (Fsp3) is 0.364. The summed E-state index contributed by atoms with van der Waals surface area (Å²) in [6.07, 6.45) is 1.59. The Hall–Kier alpha value is -1.89. The number of nitrogens with zero attached hydrogens (tertiary/aromatic N) is 4. The molecule has 0 saturated heterocycles. The third kappa shape index (κ3) is 3.07. The van der Waals surface area contributed by atoms with Crippen LogP contribution in [0.25, 0.3) is 0 Å². The molecule has 2 aromatic rings. The van der Waals surface area contributed by atoms with Gasteiger partial charge in [0.2, 0.25) is 5.95 Å². The normalized spacial score (nSPS) is 10.3. The number of aromatic nitrogens is 3. The van der Waals surface area contributed by atoms with Crippen molar-refractivity contribution >= 4 is 23.3 Å². The number of carbonyl (C=O) groups excluding carboxylic acids is 1. The monoisotopic (exact) mass is 265 g/mol. The number of carbonyl (C=O) groups is 1. The maximum Gasteiger partial charge on any atom is 0.324 e. The van der Waals surface area contributed by atoms with Gasteiger partial charge in [0.05, 0.1) is 0 Å². The molecule has 0 aromatic carbocycles. The van der Waals surface area contributed by atoms with Gasteiger partial charge in [-0.1, -0.05) is 0 Å². The summed E-state index contributed by atoms with van der Waals surface area (Å²) < 4.78 is 1.66. The number of thiophene rings is 1. The second-order valence-corrected chi connectivity index (χ2v) is 4.62. The molecule has 6 nitrogen and oxygen atoms in total. The molecular formula is C11H15N5OS. The molecule has 0 atom stereocenters. The summed E-state index contributed by atoms with van der Waals surface area (Å²) in [7, 11) is 1.74. The third-order valence-electron chi connectivity index (χ3n) is 2.43. The molecule has 0 aliphatic carbocycles. The van der Waals surface area contributed by atoms with E-state index in [0.717, 1.165) is 12.1 Å². The zero-order valence-corrected chi connectivity index (χ0v) is 11.1. The van der Waals surface area contributed by atoms with Crippen LogP contribution in [-0.4, -0.2) is 32.7 Å². The molecular weight excluding hydrogens is 250 g/mol. The average molecular weight is 265 g/mol. The Morgan fingerprint density at radius 3 is 3.06 bits per heavy atom. The van der Waals surface area contributed by atoms with Crippen LogP contribution < -0.4 is 5.32 Å². The lowest BCUT2D eigenvalue weighted by Crippen LogP contribution is -2.31. The largest absolute Gasteiger partial charge is 0.324 e. The van der Waals surface area contributed by atoms with Crippen molar-refractivity contribution in [2.24, 2.45) is 0 Å². The van der Waals surface area contributed by atoms with Gasteiger partial charge in [-0.15, -0.1) is 5.10 Å². The number of aryl methyl sites for hydroxylation is 1. The first-order valence-corrected chi connectivity index (χ1v) is 6.56. The van der Waals surface area contributed by atoms with Crippen LogP contribution in [0.2, 0.25) is 0 Å². The van der Waals surface area contributed by atoms with Crippen molar-refractivity contribution in [2.45, 2.75) is 20.0 Å². The van der Waals surface area contributed by atoms with Crippen LogP contribution in [0.3, 0.4) is 0 Å². The maximum absolute atomic E-state index is 11.9. The zero-order valence-electron chi connectivity index (χ0n) is 10.3. The standard InChI is InChI=1S/C11H15N5OS/c1-3-16-8-12-10(14-16)13-11(17)15(2)6-9-4-5-18-7-9/h4-5,7-8H,3,6H2,1-2H3,(H,13,14,17). The predicted octanol–water partition coefficient (Wildman–Crippen LogP) is 2.02. The summed E-state index contributed by atoms with van der Waals surface area (Å²) in [6.45, 7) is 3.26. The zero-order chi connectivity index (χ0) is 13.0. The molecule has 2 aromatic heterocycles. The van der Waals surface area contributed by atoms with Crippen molar-refractivity contribution in [3.05, 3.63) is 28.7 Å². The minimum atomic E-state index is -0.213. The lowest BCUT2D eigenvalue weighted by atomic mass is 10.3. The van der Waals surface area contributed by atoms with Gasteiger partial charge in [-0.05, 0) is 29.3 Å². The minimum absolute atomic E-state index is 0.213. The molecule has 0 unspecified atom stereocenters. The number of rotatable bonds is 4. The van der Waals surface area contributed by atoms with E-state index in [1.807, 2.05) is 23.8 Å². The van der Waals surface area contributed by atoms with Crippen molar-refractivity contribution < 1.29 is 4.79 Å². The lowest BCUT2D eigenvalue weighted by Gasteiger charge is -2.15. The van der Waals surface area contributed by atoms with Crippen LogP contribution in [0.15, 0.2) is 23.2 Å². The van der Waals surface area contributed by atoms with Crippen molar-refractivity contribution in [2.75, 3.05) is 12.4 Å². The fourth-order valence-corrected chi connectivity index (χ4v) is 2.08. The van der Waals surface area contributed by atoms with Crippen LogP contribution >= 0.6 is 11.3 Å². The number of nitrogens with one attached hydrogen (secondary N) is 1. The second kappa shape index (κ2) is 5.63.